The van der Waals surface area contributed by atoms with Gasteiger partial charge in [0.2, 0.25) is 0 Å². The smallest absolute Gasteiger partial charge is 0.416 e. The van der Waals surface area contributed by atoms with Crippen LogP contribution >= 0.6 is 0 Å². The van der Waals surface area contributed by atoms with Crippen LogP contribution in [0.1, 0.15) is 11.3 Å². The lowest BCUT2D eigenvalue weighted by atomic mass is 10.0. The molecule has 2 N–H and O–H groups in total. The van der Waals surface area contributed by atoms with Crippen molar-refractivity contribution >= 4 is 0 Å². The lowest BCUT2D eigenvalue weighted by molar-refractivity contribution is -0.137. The van der Waals surface area contributed by atoms with Gasteiger partial charge in [-0.25, -0.2) is 0 Å². The van der Waals surface area contributed by atoms with E-state index in [0.29, 0.717) is 11.1 Å². The van der Waals surface area contributed by atoms with Gasteiger partial charge in [0.15, 0.2) is 0 Å². The number of hydrogen-bond acceptors (Lipinski definition) is 3. The van der Waals surface area contributed by atoms with Gasteiger partial charge in [0.25, 0.3) is 0 Å². The third kappa shape index (κ3) is 2.85. The number of rotatable bonds is 2. The molecule has 0 atom stereocenters. The van der Waals surface area contributed by atoms with E-state index in [0.717, 1.165) is 12.1 Å². The second kappa shape index (κ2) is 4.89. The van der Waals surface area contributed by atoms with Crippen molar-refractivity contribution in [1.29, 1.82) is 0 Å². The highest BCUT2D eigenvalue weighted by Gasteiger charge is 2.30. The van der Waals surface area contributed by atoms with Crippen molar-refractivity contribution in [1.82, 2.24) is 4.98 Å². The number of alkyl halides is 3. The zero-order valence-corrected chi connectivity index (χ0v) is 9.65. The average Bonchev–Trinajstić information content (AvgIpc) is 2.38. The second-order valence-corrected chi connectivity index (χ2v) is 3.93. The van der Waals surface area contributed by atoms with E-state index in [-0.39, 0.29) is 11.4 Å². The van der Waals surface area contributed by atoms with E-state index < -0.39 is 18.3 Å². The van der Waals surface area contributed by atoms with Gasteiger partial charge in [-0.1, -0.05) is 12.1 Å². The molecule has 0 aliphatic heterocycles. The van der Waals surface area contributed by atoms with Crippen LogP contribution in [-0.4, -0.2) is 15.2 Å². The number of benzene rings is 1. The first-order valence-corrected chi connectivity index (χ1v) is 5.38. The summed E-state index contributed by atoms with van der Waals surface area (Å²) in [5.41, 5.74) is -0.0469. The van der Waals surface area contributed by atoms with Crippen LogP contribution in [0.5, 0.6) is 5.75 Å². The number of aliphatic hydroxyl groups excluding tert-OH is 1. The Kier molecular flexibility index (Phi) is 3.44. The fraction of sp³-hybridized carbons (Fsp3) is 0.154. The maximum absolute atomic E-state index is 12.6. The van der Waals surface area contributed by atoms with Crippen LogP contribution in [0.15, 0.2) is 36.5 Å². The molecule has 0 aliphatic rings. The normalized spacial score (nSPS) is 11.6. The lowest BCUT2D eigenvalue weighted by Crippen LogP contribution is -2.04. The zero-order chi connectivity index (χ0) is 14.0. The first-order valence-electron chi connectivity index (χ1n) is 5.38. The molecule has 3 nitrogen and oxygen atoms in total. The van der Waals surface area contributed by atoms with Gasteiger partial charge >= 0.3 is 6.18 Å². The summed E-state index contributed by atoms with van der Waals surface area (Å²) in [5, 5.41) is 18.4. The molecule has 19 heavy (non-hydrogen) atoms. The van der Waals surface area contributed by atoms with Crippen molar-refractivity contribution in [2.75, 3.05) is 0 Å². The van der Waals surface area contributed by atoms with Crippen LogP contribution in [0.25, 0.3) is 11.1 Å². The molecule has 0 amide bonds. The number of aromatic nitrogens is 1. The van der Waals surface area contributed by atoms with Crippen molar-refractivity contribution in [3.8, 4) is 16.9 Å². The number of aromatic hydroxyl groups is 1. The Morgan fingerprint density at radius 3 is 2.42 bits per heavy atom. The molecule has 0 spiro atoms. The molecule has 0 unspecified atom stereocenters. The number of halogens is 3. The van der Waals surface area contributed by atoms with Gasteiger partial charge in [-0.3, -0.25) is 4.98 Å². The average molecular weight is 269 g/mol. The van der Waals surface area contributed by atoms with E-state index in [9.17, 15) is 18.3 Å². The van der Waals surface area contributed by atoms with Gasteiger partial charge in [0.05, 0.1) is 12.2 Å². The summed E-state index contributed by atoms with van der Waals surface area (Å²) >= 11 is 0. The fourth-order valence-electron chi connectivity index (χ4n) is 1.64. The number of nitrogens with zero attached hydrogens (tertiary/aromatic N) is 1. The van der Waals surface area contributed by atoms with Gasteiger partial charge in [-0.15, -0.1) is 0 Å². The van der Waals surface area contributed by atoms with Crippen LogP contribution in [0, 0.1) is 0 Å². The Labute approximate surface area is 107 Å². The van der Waals surface area contributed by atoms with Crippen LogP contribution < -0.4 is 0 Å². The molecule has 0 fully saturated rings. The molecule has 1 heterocycles. The third-order valence-electron chi connectivity index (χ3n) is 2.62. The highest BCUT2D eigenvalue weighted by molar-refractivity contribution is 5.65. The van der Waals surface area contributed by atoms with Crippen molar-refractivity contribution in [2.24, 2.45) is 0 Å². The van der Waals surface area contributed by atoms with Gasteiger partial charge < -0.3 is 10.2 Å². The Morgan fingerprint density at radius 1 is 1.11 bits per heavy atom. The quantitative estimate of drug-likeness (QED) is 0.881. The van der Waals surface area contributed by atoms with Crippen LogP contribution in [0.4, 0.5) is 13.2 Å². The van der Waals surface area contributed by atoms with Crippen LogP contribution in [-0.2, 0) is 12.8 Å². The summed E-state index contributed by atoms with van der Waals surface area (Å²) in [7, 11) is 0. The Balaban J connectivity index is 2.45. The first-order chi connectivity index (χ1) is 8.91. The molecule has 2 aromatic rings. The summed E-state index contributed by atoms with van der Waals surface area (Å²) in [6.45, 7) is -0.436. The van der Waals surface area contributed by atoms with E-state index >= 15 is 0 Å². The van der Waals surface area contributed by atoms with Gasteiger partial charge in [-0.05, 0) is 23.8 Å². The minimum atomic E-state index is -4.42. The minimum absolute atomic E-state index is 0.0794. The summed E-state index contributed by atoms with van der Waals surface area (Å²) in [6, 6.07) is 6.00. The predicted molar refractivity (Wildman–Crippen MR) is 62.3 cm³/mol. The van der Waals surface area contributed by atoms with E-state index in [4.69, 9.17) is 5.11 Å². The van der Waals surface area contributed by atoms with Crippen LogP contribution in [0.2, 0.25) is 0 Å². The number of pyridine rings is 1. The molecule has 0 aliphatic carbocycles. The number of aliphatic hydroxyl groups is 1. The molecular formula is C13H10F3NO2. The third-order valence-corrected chi connectivity index (χ3v) is 2.62. The summed E-state index contributed by atoms with van der Waals surface area (Å²) in [5.74, 6) is -0.252. The Morgan fingerprint density at radius 2 is 1.84 bits per heavy atom. The first kappa shape index (κ1) is 13.4. The molecular weight excluding hydrogens is 259 g/mol. The molecule has 1 aromatic carbocycles. The van der Waals surface area contributed by atoms with E-state index in [1.54, 1.807) is 0 Å². The molecule has 0 saturated heterocycles. The molecule has 0 radical (unpaired) electrons. The highest BCUT2D eigenvalue weighted by Crippen LogP contribution is 2.32. The molecule has 1 aromatic heterocycles. The van der Waals surface area contributed by atoms with Crippen molar-refractivity contribution in [3.63, 3.8) is 0 Å². The zero-order valence-electron chi connectivity index (χ0n) is 9.65. The number of hydrogen-bond donors (Lipinski definition) is 2. The standard InChI is InChI=1S/C13H10F3NO2/c14-13(15,16)10-3-1-2-8(4-10)9-5-12(19)11(7-18)17-6-9/h1-6,18-19H,7H2. The van der Waals surface area contributed by atoms with Gasteiger partial charge in [0.1, 0.15) is 11.4 Å². The van der Waals surface area contributed by atoms with Crippen molar-refractivity contribution < 1.29 is 23.4 Å². The lowest BCUT2D eigenvalue weighted by Gasteiger charge is -2.09. The molecule has 0 saturated carbocycles. The van der Waals surface area contributed by atoms with Crippen molar-refractivity contribution in [2.45, 2.75) is 12.8 Å². The Bertz CT molecular complexity index is 597. The van der Waals surface area contributed by atoms with Crippen LogP contribution in [0.3, 0.4) is 0 Å². The maximum atomic E-state index is 12.6. The monoisotopic (exact) mass is 269 g/mol. The molecule has 0 bridgehead atoms. The predicted octanol–water partition coefficient (Wildman–Crippen LogP) is 2.97. The van der Waals surface area contributed by atoms with Gasteiger partial charge in [-0.2, -0.15) is 13.2 Å². The van der Waals surface area contributed by atoms with E-state index in [2.05, 4.69) is 4.98 Å². The second-order valence-electron chi connectivity index (χ2n) is 3.93. The molecule has 100 valence electrons. The summed E-state index contributed by atoms with van der Waals surface area (Å²) in [4.78, 5) is 3.78. The van der Waals surface area contributed by atoms with E-state index in [1.807, 2.05) is 0 Å². The molecule has 2 rings (SSSR count). The van der Waals surface area contributed by atoms with Gasteiger partial charge in [0, 0.05) is 11.8 Å². The van der Waals surface area contributed by atoms with Crippen molar-refractivity contribution in [3.05, 3.63) is 47.8 Å². The SMILES string of the molecule is OCc1ncc(-c2cccc(C(F)(F)F)c2)cc1O. The summed E-state index contributed by atoms with van der Waals surface area (Å²) in [6.07, 6.45) is -3.11. The highest BCUT2D eigenvalue weighted by atomic mass is 19.4. The maximum Gasteiger partial charge on any atom is 0.416 e. The fourth-order valence-corrected chi connectivity index (χ4v) is 1.64. The summed E-state index contributed by atoms with van der Waals surface area (Å²) < 4.78 is 37.8. The molecule has 6 heteroatoms. The minimum Gasteiger partial charge on any atom is -0.506 e. The Hall–Kier alpha value is -2.08. The largest absolute Gasteiger partial charge is 0.506 e. The van der Waals surface area contributed by atoms with E-state index in [1.165, 1.54) is 24.4 Å². The topological polar surface area (TPSA) is 53.4 Å².